The van der Waals surface area contributed by atoms with Crippen molar-refractivity contribution in [3.63, 3.8) is 0 Å². The number of rotatable bonds is 6. The average molecular weight is 446 g/mol. The van der Waals surface area contributed by atoms with Crippen LogP contribution in [0.25, 0.3) is 22.0 Å². The van der Waals surface area contributed by atoms with Crippen molar-refractivity contribution in [3.8, 4) is 22.8 Å². The zero-order valence-electron chi connectivity index (χ0n) is 17.4. The molecular formula is C20H23N5O5S. The van der Waals surface area contributed by atoms with Crippen LogP contribution in [0.4, 0.5) is 11.6 Å². The molecule has 3 aromatic rings. The van der Waals surface area contributed by atoms with E-state index in [4.69, 9.17) is 19.9 Å². The first-order chi connectivity index (χ1) is 14.7. The van der Waals surface area contributed by atoms with Gasteiger partial charge >= 0.3 is 0 Å². The summed E-state index contributed by atoms with van der Waals surface area (Å²) in [5.41, 5.74) is 8.83. The Labute approximate surface area is 179 Å². The first-order valence-corrected chi connectivity index (χ1v) is 11.5. The zero-order chi connectivity index (χ0) is 22.2. The van der Waals surface area contributed by atoms with Gasteiger partial charge in [-0.25, -0.2) is 23.4 Å². The second kappa shape index (κ2) is 8.16. The minimum Gasteiger partial charge on any atom is -0.486 e. The lowest BCUT2D eigenvalue weighted by Crippen LogP contribution is -2.16. The second-order valence-electron chi connectivity index (χ2n) is 7.30. The molecule has 1 aromatic carbocycles. The third-order valence-electron chi connectivity index (χ3n) is 4.83. The van der Waals surface area contributed by atoms with E-state index in [0.29, 0.717) is 35.7 Å². The predicted octanol–water partition coefficient (Wildman–Crippen LogP) is 2.13. The van der Waals surface area contributed by atoms with Gasteiger partial charge < -0.3 is 19.9 Å². The quantitative estimate of drug-likeness (QED) is 0.584. The summed E-state index contributed by atoms with van der Waals surface area (Å²) in [6, 6.07) is 5.39. The van der Waals surface area contributed by atoms with Gasteiger partial charge in [0.05, 0.1) is 32.3 Å². The van der Waals surface area contributed by atoms with E-state index in [0.717, 1.165) is 23.6 Å². The minimum absolute atomic E-state index is 0.0913. The maximum Gasteiger partial charge on any atom is 0.238 e. The van der Waals surface area contributed by atoms with Crippen molar-refractivity contribution in [3.05, 3.63) is 30.1 Å². The van der Waals surface area contributed by atoms with Gasteiger partial charge in [0.15, 0.2) is 0 Å². The van der Waals surface area contributed by atoms with Crippen LogP contribution in [0.3, 0.4) is 0 Å². The van der Waals surface area contributed by atoms with Gasteiger partial charge in [-0.3, -0.25) is 4.72 Å². The van der Waals surface area contributed by atoms with Crippen LogP contribution in [0.1, 0.15) is 12.1 Å². The number of methoxy groups -OCH3 is 1. The molecule has 0 aliphatic carbocycles. The summed E-state index contributed by atoms with van der Waals surface area (Å²) in [5.74, 6) is 0.881. The van der Waals surface area contributed by atoms with Gasteiger partial charge in [0.2, 0.25) is 21.9 Å². The average Bonchev–Trinajstić information content (AvgIpc) is 3.20. The maximum absolute atomic E-state index is 11.8. The monoisotopic (exact) mass is 445 g/mol. The Bertz CT molecular complexity index is 1240. The number of aromatic nitrogens is 3. The molecule has 4 rings (SSSR count). The fourth-order valence-corrected chi connectivity index (χ4v) is 4.00. The SMILES string of the molecule is COc1ncc(-c2cc(O[C@@H]3CCOC3)c3nc(N)nc(C)c3c2)cc1NS(C)(=O)=O. The number of nitrogen functional groups attached to an aromatic ring is 1. The van der Waals surface area contributed by atoms with E-state index in [-0.39, 0.29) is 23.6 Å². The van der Waals surface area contributed by atoms with Crippen molar-refractivity contribution in [2.75, 3.05) is 37.0 Å². The molecule has 1 aliphatic heterocycles. The summed E-state index contributed by atoms with van der Waals surface area (Å²) >= 11 is 0. The predicted molar refractivity (Wildman–Crippen MR) is 117 cm³/mol. The Morgan fingerprint density at radius 2 is 2.03 bits per heavy atom. The molecule has 0 bridgehead atoms. The van der Waals surface area contributed by atoms with Gasteiger partial charge in [-0.2, -0.15) is 0 Å². The van der Waals surface area contributed by atoms with Crippen molar-refractivity contribution in [2.45, 2.75) is 19.4 Å². The Balaban J connectivity index is 1.86. The number of nitrogens with one attached hydrogen (secondary N) is 1. The molecule has 1 fully saturated rings. The van der Waals surface area contributed by atoms with E-state index >= 15 is 0 Å². The van der Waals surface area contributed by atoms with Crippen LogP contribution in [0.15, 0.2) is 24.4 Å². The number of fused-ring (bicyclic) bond motifs is 1. The maximum atomic E-state index is 11.8. The summed E-state index contributed by atoms with van der Waals surface area (Å²) in [4.78, 5) is 12.9. The molecule has 11 heteroatoms. The number of hydrogen-bond donors (Lipinski definition) is 2. The molecule has 0 saturated carbocycles. The molecule has 3 heterocycles. The number of nitrogens with two attached hydrogens (primary N) is 1. The Morgan fingerprint density at radius 1 is 1.23 bits per heavy atom. The molecule has 1 aliphatic rings. The van der Waals surface area contributed by atoms with Crippen LogP contribution in [0.2, 0.25) is 0 Å². The molecule has 0 spiro atoms. The standard InChI is InChI=1S/C20H23N5O5S/c1-11-15-6-12(13-7-16(25-31(3,26)27)19(28-2)22-9-13)8-17(18(15)24-20(21)23-11)30-14-4-5-29-10-14/h6-9,14,25H,4-5,10H2,1-3H3,(H2,21,23,24)/t14-/m1/s1. The van der Waals surface area contributed by atoms with E-state index in [9.17, 15) is 8.42 Å². The molecule has 164 valence electrons. The van der Waals surface area contributed by atoms with Crippen molar-refractivity contribution in [1.82, 2.24) is 15.0 Å². The molecule has 1 saturated heterocycles. The minimum atomic E-state index is -3.52. The molecule has 31 heavy (non-hydrogen) atoms. The topological polar surface area (TPSA) is 139 Å². The highest BCUT2D eigenvalue weighted by molar-refractivity contribution is 7.92. The molecule has 10 nitrogen and oxygen atoms in total. The lowest BCUT2D eigenvalue weighted by atomic mass is 10.0. The molecule has 3 N–H and O–H groups in total. The third-order valence-corrected chi connectivity index (χ3v) is 5.42. The number of hydrogen-bond acceptors (Lipinski definition) is 9. The summed E-state index contributed by atoms with van der Waals surface area (Å²) < 4.78 is 42.8. The van der Waals surface area contributed by atoms with Crippen LogP contribution in [-0.4, -0.2) is 56.1 Å². The second-order valence-corrected chi connectivity index (χ2v) is 9.04. The van der Waals surface area contributed by atoms with Crippen LogP contribution < -0.4 is 19.9 Å². The van der Waals surface area contributed by atoms with Crippen LogP contribution in [0.5, 0.6) is 11.6 Å². The number of benzene rings is 1. The van der Waals surface area contributed by atoms with E-state index in [1.807, 2.05) is 19.1 Å². The highest BCUT2D eigenvalue weighted by atomic mass is 32.2. The number of aryl methyl sites for hydroxylation is 1. The number of ether oxygens (including phenoxy) is 3. The number of anilines is 2. The molecule has 0 amide bonds. The highest BCUT2D eigenvalue weighted by Crippen LogP contribution is 2.36. The smallest absolute Gasteiger partial charge is 0.238 e. The van der Waals surface area contributed by atoms with Gasteiger partial charge in [0, 0.05) is 23.6 Å². The van der Waals surface area contributed by atoms with E-state index < -0.39 is 10.0 Å². The Kier molecular flexibility index (Phi) is 5.54. The van der Waals surface area contributed by atoms with Crippen LogP contribution >= 0.6 is 0 Å². The summed E-state index contributed by atoms with van der Waals surface area (Å²) in [6.07, 6.45) is 3.35. The van der Waals surface area contributed by atoms with Gasteiger partial charge in [0.1, 0.15) is 23.1 Å². The van der Waals surface area contributed by atoms with Crippen molar-refractivity contribution < 1.29 is 22.6 Å². The normalized spacial score (nSPS) is 16.4. The zero-order valence-corrected chi connectivity index (χ0v) is 18.2. The molecule has 0 unspecified atom stereocenters. The molecule has 1 atom stereocenters. The van der Waals surface area contributed by atoms with E-state index in [1.165, 1.54) is 7.11 Å². The number of sulfonamides is 1. The van der Waals surface area contributed by atoms with Crippen LogP contribution in [0, 0.1) is 6.92 Å². The molecular weight excluding hydrogens is 422 g/mol. The lowest BCUT2D eigenvalue weighted by molar-refractivity contribution is 0.142. The first kappa shape index (κ1) is 21.1. The summed E-state index contributed by atoms with van der Waals surface area (Å²) in [7, 11) is -2.10. The Morgan fingerprint density at radius 3 is 2.71 bits per heavy atom. The Hall–Kier alpha value is -3.18. The van der Waals surface area contributed by atoms with Crippen LogP contribution in [-0.2, 0) is 14.8 Å². The lowest BCUT2D eigenvalue weighted by Gasteiger charge is -2.17. The first-order valence-electron chi connectivity index (χ1n) is 9.58. The fourth-order valence-electron chi connectivity index (χ4n) is 3.46. The molecule has 0 radical (unpaired) electrons. The van der Waals surface area contributed by atoms with Gasteiger partial charge in [-0.15, -0.1) is 0 Å². The van der Waals surface area contributed by atoms with Gasteiger partial charge in [0.25, 0.3) is 0 Å². The fraction of sp³-hybridized carbons (Fsp3) is 0.350. The van der Waals surface area contributed by atoms with E-state index in [2.05, 4.69) is 19.7 Å². The summed E-state index contributed by atoms with van der Waals surface area (Å²) in [6.45, 7) is 2.98. The van der Waals surface area contributed by atoms with E-state index in [1.54, 1.807) is 12.3 Å². The molecule has 2 aromatic heterocycles. The largest absolute Gasteiger partial charge is 0.486 e. The number of nitrogens with zero attached hydrogens (tertiary/aromatic N) is 3. The van der Waals surface area contributed by atoms with Gasteiger partial charge in [-0.05, 0) is 30.7 Å². The van der Waals surface area contributed by atoms with Crippen molar-refractivity contribution in [2.24, 2.45) is 0 Å². The van der Waals surface area contributed by atoms with Crippen molar-refractivity contribution in [1.29, 1.82) is 0 Å². The third kappa shape index (κ3) is 4.62. The van der Waals surface area contributed by atoms with Crippen molar-refractivity contribution >= 4 is 32.6 Å². The number of pyridine rings is 1. The van der Waals surface area contributed by atoms with Gasteiger partial charge in [-0.1, -0.05) is 0 Å². The highest BCUT2D eigenvalue weighted by Gasteiger charge is 2.21. The summed E-state index contributed by atoms with van der Waals surface area (Å²) in [5, 5.41) is 0.772.